The Morgan fingerprint density at radius 3 is 1.25 bits per heavy atom. The summed E-state index contributed by atoms with van der Waals surface area (Å²) in [6.07, 6.45) is 65.6. The fourth-order valence-corrected chi connectivity index (χ4v) is 8.48. The lowest BCUT2D eigenvalue weighted by molar-refractivity contribution is -0.301. The maximum absolute atomic E-state index is 13.2. The van der Waals surface area contributed by atoms with Gasteiger partial charge in [0.2, 0.25) is 0 Å². The van der Waals surface area contributed by atoms with Crippen LogP contribution >= 0.6 is 0 Å². The summed E-state index contributed by atoms with van der Waals surface area (Å²) in [7, 11) is 0. The van der Waals surface area contributed by atoms with E-state index in [1.807, 2.05) is 6.08 Å². The Labute approximate surface area is 490 Å². The summed E-state index contributed by atoms with van der Waals surface area (Å²) in [5, 5.41) is 31.6. The van der Waals surface area contributed by atoms with Gasteiger partial charge in [0.15, 0.2) is 24.6 Å². The minimum Gasteiger partial charge on any atom is -0.479 e. The van der Waals surface area contributed by atoms with Crippen molar-refractivity contribution >= 4 is 23.9 Å². The standard InChI is InChI=1S/C69H108O12/c1-4-7-10-13-16-19-22-25-28-30-31-33-36-39-42-45-48-51-54-57-63(72)80-67-65(74)64(73)66(68(75)76)81-69(67)78-59-60(79-62(71)56-53-50-47-44-41-38-34-27-24-21-18-15-12-9-6-3)58-77-61(70)55-52-49-46-43-40-37-35-32-29-26-23-20-17-14-11-8-5-2/h8-9,11-12,16-21,25-29,34-35,37,41,43-44,46,60,64-67,69,73-74H,4-7,10,13-15,22-24,30-33,36,38-40,42,45,47-59H2,1-3H3,(H,75,76)/b11-8-,12-9-,19-16-,20-17-,21-18-,28-25-,29-26-,34-27-,37-35-,44-41-,46-43-. The van der Waals surface area contributed by atoms with Crippen molar-refractivity contribution in [3.8, 4) is 0 Å². The van der Waals surface area contributed by atoms with Crippen LogP contribution in [0.4, 0.5) is 0 Å². The topological polar surface area (TPSA) is 175 Å². The predicted octanol–water partition coefficient (Wildman–Crippen LogP) is 16.6. The molecule has 1 heterocycles. The maximum Gasteiger partial charge on any atom is 0.335 e. The number of allylic oxidation sites excluding steroid dienone is 22. The van der Waals surface area contributed by atoms with Crippen LogP contribution in [0.25, 0.3) is 0 Å². The average molecular weight is 1130 g/mol. The number of aliphatic carboxylic acids is 1. The molecule has 456 valence electrons. The van der Waals surface area contributed by atoms with Crippen molar-refractivity contribution in [1.82, 2.24) is 0 Å². The molecule has 12 heteroatoms. The van der Waals surface area contributed by atoms with Gasteiger partial charge in [0.1, 0.15) is 18.8 Å². The van der Waals surface area contributed by atoms with E-state index in [1.165, 1.54) is 51.4 Å². The summed E-state index contributed by atoms with van der Waals surface area (Å²) in [6.45, 7) is 5.65. The Balaban J connectivity index is 2.73. The molecule has 81 heavy (non-hydrogen) atoms. The summed E-state index contributed by atoms with van der Waals surface area (Å²) in [4.78, 5) is 51.2. The molecule has 1 rings (SSSR count). The van der Waals surface area contributed by atoms with E-state index >= 15 is 0 Å². The van der Waals surface area contributed by atoms with Crippen LogP contribution in [0.5, 0.6) is 0 Å². The second-order valence-electron chi connectivity index (χ2n) is 20.6. The molecule has 1 aliphatic heterocycles. The van der Waals surface area contributed by atoms with Crippen LogP contribution in [0.1, 0.15) is 226 Å². The van der Waals surface area contributed by atoms with Crippen LogP contribution in [0.3, 0.4) is 0 Å². The molecule has 1 fully saturated rings. The first kappa shape index (κ1) is 73.9. The number of carboxylic acids is 1. The van der Waals surface area contributed by atoms with Crippen molar-refractivity contribution in [3.05, 3.63) is 134 Å². The van der Waals surface area contributed by atoms with Gasteiger partial charge in [0.25, 0.3) is 0 Å². The minimum absolute atomic E-state index is 0.0378. The van der Waals surface area contributed by atoms with Crippen LogP contribution in [-0.2, 0) is 42.9 Å². The number of carboxylic acid groups (broad SMARTS) is 1. The van der Waals surface area contributed by atoms with E-state index in [2.05, 4.69) is 148 Å². The molecule has 1 aliphatic rings. The normalized spacial score (nSPS) is 18.7. The van der Waals surface area contributed by atoms with E-state index < -0.39 is 67.3 Å². The molecular formula is C69H108O12. The number of hydrogen-bond acceptors (Lipinski definition) is 11. The molecule has 0 radical (unpaired) electrons. The highest BCUT2D eigenvalue weighted by atomic mass is 16.7. The van der Waals surface area contributed by atoms with Crippen molar-refractivity contribution in [3.63, 3.8) is 0 Å². The first-order valence-corrected chi connectivity index (χ1v) is 31.2. The Bertz CT molecular complexity index is 1920. The number of esters is 3. The van der Waals surface area contributed by atoms with Gasteiger partial charge in [-0.15, -0.1) is 0 Å². The first-order valence-electron chi connectivity index (χ1n) is 31.2. The Morgan fingerprint density at radius 2 is 0.790 bits per heavy atom. The molecule has 6 unspecified atom stereocenters. The number of aliphatic hydroxyl groups excluding tert-OH is 2. The SMILES string of the molecule is CC/C=C\C/C=C\C/C=C\C/C=C\C/C=C\CCCC(=O)OCC(COC1OC(C(=O)O)C(O)C(O)C1OC(=O)CCCCCCCCCCC/C=C\C/C=C\CCCCC)OC(=O)CCCC/C=C\C/C=C\C/C=C\C/C=C\CC. The third-order valence-electron chi connectivity index (χ3n) is 13.2. The van der Waals surface area contributed by atoms with Gasteiger partial charge >= 0.3 is 23.9 Å². The third kappa shape index (κ3) is 45.1. The summed E-state index contributed by atoms with van der Waals surface area (Å²) in [5.74, 6) is -3.28. The quantitative estimate of drug-likeness (QED) is 0.0228. The smallest absolute Gasteiger partial charge is 0.335 e. The van der Waals surface area contributed by atoms with E-state index in [0.717, 1.165) is 109 Å². The fraction of sp³-hybridized carbons (Fsp3) is 0.623. The highest BCUT2D eigenvalue weighted by Gasteiger charge is 2.50. The third-order valence-corrected chi connectivity index (χ3v) is 13.2. The highest BCUT2D eigenvalue weighted by molar-refractivity contribution is 5.74. The molecule has 12 nitrogen and oxygen atoms in total. The van der Waals surface area contributed by atoms with Crippen molar-refractivity contribution in [2.75, 3.05) is 13.2 Å². The van der Waals surface area contributed by atoms with Crippen molar-refractivity contribution in [2.24, 2.45) is 0 Å². The van der Waals surface area contributed by atoms with Crippen LogP contribution in [0, 0.1) is 0 Å². The predicted molar refractivity (Wildman–Crippen MR) is 330 cm³/mol. The van der Waals surface area contributed by atoms with E-state index in [0.29, 0.717) is 25.7 Å². The van der Waals surface area contributed by atoms with Crippen molar-refractivity contribution in [2.45, 2.75) is 263 Å². The number of rotatable bonds is 51. The lowest BCUT2D eigenvalue weighted by Gasteiger charge is -2.40. The minimum atomic E-state index is -1.93. The molecule has 0 aromatic rings. The summed E-state index contributed by atoms with van der Waals surface area (Å²) in [5.41, 5.74) is 0. The molecule has 0 bridgehead atoms. The zero-order chi connectivity index (χ0) is 58.9. The summed E-state index contributed by atoms with van der Waals surface area (Å²) in [6, 6.07) is 0. The van der Waals surface area contributed by atoms with Gasteiger partial charge in [0, 0.05) is 19.3 Å². The number of carbonyl (C=O) groups is 4. The van der Waals surface area contributed by atoms with E-state index in [1.54, 1.807) is 0 Å². The second kappa shape index (κ2) is 55.4. The molecule has 6 atom stereocenters. The van der Waals surface area contributed by atoms with Crippen LogP contribution in [-0.4, -0.2) is 89.2 Å². The molecule has 1 saturated heterocycles. The van der Waals surface area contributed by atoms with Crippen LogP contribution in [0.2, 0.25) is 0 Å². The zero-order valence-electron chi connectivity index (χ0n) is 50.2. The second-order valence-corrected chi connectivity index (χ2v) is 20.6. The number of aliphatic hydroxyl groups is 2. The molecule has 3 N–H and O–H groups in total. The van der Waals surface area contributed by atoms with Gasteiger partial charge in [-0.3, -0.25) is 14.4 Å². The molecule has 0 saturated carbocycles. The molecule has 0 amide bonds. The fourth-order valence-electron chi connectivity index (χ4n) is 8.48. The largest absolute Gasteiger partial charge is 0.479 e. The van der Waals surface area contributed by atoms with E-state index in [-0.39, 0.29) is 25.9 Å². The molecule has 0 aromatic carbocycles. The Hall–Kier alpha value is -5.14. The molecule has 0 aliphatic carbocycles. The Kier molecular flexibility index (Phi) is 50.5. The van der Waals surface area contributed by atoms with E-state index in [9.17, 15) is 34.5 Å². The van der Waals surface area contributed by atoms with E-state index in [4.69, 9.17) is 23.7 Å². The molecule has 0 spiro atoms. The van der Waals surface area contributed by atoms with Gasteiger partial charge in [-0.05, 0) is 128 Å². The number of ether oxygens (including phenoxy) is 5. The van der Waals surface area contributed by atoms with Crippen molar-refractivity contribution in [1.29, 1.82) is 0 Å². The Morgan fingerprint density at radius 1 is 0.420 bits per heavy atom. The summed E-state index contributed by atoms with van der Waals surface area (Å²) >= 11 is 0. The average Bonchev–Trinajstić information content (AvgIpc) is 3.53. The van der Waals surface area contributed by atoms with Crippen LogP contribution in [0.15, 0.2) is 134 Å². The van der Waals surface area contributed by atoms with Gasteiger partial charge in [-0.1, -0.05) is 212 Å². The lowest BCUT2D eigenvalue weighted by atomic mass is 9.98. The van der Waals surface area contributed by atoms with Gasteiger partial charge < -0.3 is 39.0 Å². The van der Waals surface area contributed by atoms with Gasteiger partial charge in [0.05, 0.1) is 6.61 Å². The highest BCUT2D eigenvalue weighted by Crippen LogP contribution is 2.26. The zero-order valence-corrected chi connectivity index (χ0v) is 50.2. The van der Waals surface area contributed by atoms with Crippen molar-refractivity contribution < 1.29 is 58.2 Å². The molecule has 0 aromatic heterocycles. The molecular weight excluding hydrogens is 1020 g/mol. The first-order chi connectivity index (χ1) is 39.6. The maximum atomic E-state index is 13.2. The van der Waals surface area contributed by atoms with Gasteiger partial charge in [-0.2, -0.15) is 0 Å². The van der Waals surface area contributed by atoms with Crippen LogP contribution < -0.4 is 0 Å². The number of unbranched alkanes of at least 4 members (excludes halogenated alkanes) is 15. The monoisotopic (exact) mass is 1130 g/mol. The van der Waals surface area contributed by atoms with Gasteiger partial charge in [-0.25, -0.2) is 4.79 Å². The number of carbonyl (C=O) groups excluding carboxylic acids is 3. The number of hydrogen-bond donors (Lipinski definition) is 3. The lowest BCUT2D eigenvalue weighted by Crippen LogP contribution is -2.61. The summed E-state index contributed by atoms with van der Waals surface area (Å²) < 4.78 is 28.4.